The molecule has 2 rings (SSSR count). The number of rotatable bonds is 4. The van der Waals surface area contributed by atoms with Crippen LogP contribution in [0.15, 0.2) is 40.7 Å². The number of allylic oxidation sites excluding steroid dienone is 2. The van der Waals surface area contributed by atoms with Crippen LogP contribution in [0.4, 0.5) is 0 Å². The molecule has 0 spiro atoms. The number of hydrogen-bond acceptors (Lipinski definition) is 5. The summed E-state index contributed by atoms with van der Waals surface area (Å²) in [7, 11) is 1.29. The molecule has 1 atom stereocenters. The fourth-order valence-corrected chi connectivity index (χ4v) is 3.39. The molecule has 1 aliphatic rings. The Labute approximate surface area is 162 Å². The molecule has 1 heterocycles. The minimum Gasteiger partial charge on any atom is -0.466 e. The normalized spacial score (nSPS) is 17.3. The highest BCUT2D eigenvalue weighted by atomic mass is 35.5. The molecule has 0 saturated carbocycles. The average Bonchev–Trinajstić information content (AvgIpc) is 2.55. The maximum absolute atomic E-state index is 12.8. The number of carbonyl (C=O) groups is 2. The van der Waals surface area contributed by atoms with Gasteiger partial charge in [-0.25, -0.2) is 9.59 Å². The van der Waals surface area contributed by atoms with Crippen molar-refractivity contribution in [3.05, 3.63) is 56.3 Å². The topological polar surface area (TPSA) is 64.6 Å². The first kappa shape index (κ1) is 20.3. The molecule has 26 heavy (non-hydrogen) atoms. The van der Waals surface area contributed by atoms with Crippen molar-refractivity contribution < 1.29 is 19.1 Å². The Morgan fingerprint density at radius 1 is 1.08 bits per heavy atom. The minimum absolute atomic E-state index is 0.276. The van der Waals surface area contributed by atoms with Crippen LogP contribution in [-0.2, 0) is 19.1 Å². The standard InChI is InChI=1S/C19H21Cl2NO4/c1-9(2)26-19(24)15-11(4)22-10(3)14(18(23)25-5)16(15)12-7-6-8-13(20)17(12)21/h6-9,16,22H,1-5H3. The lowest BCUT2D eigenvalue weighted by Crippen LogP contribution is -2.33. The van der Waals surface area contributed by atoms with E-state index in [4.69, 9.17) is 32.7 Å². The van der Waals surface area contributed by atoms with Crippen LogP contribution in [0.2, 0.25) is 10.0 Å². The molecule has 0 radical (unpaired) electrons. The van der Waals surface area contributed by atoms with E-state index in [9.17, 15) is 9.59 Å². The van der Waals surface area contributed by atoms with E-state index in [1.807, 2.05) is 0 Å². The molecule has 5 nitrogen and oxygen atoms in total. The SMILES string of the molecule is COC(=O)C1=C(C)NC(C)=C(C(=O)OC(C)C)C1c1cccc(Cl)c1Cl. The number of benzene rings is 1. The lowest BCUT2D eigenvalue weighted by atomic mass is 9.80. The van der Waals surface area contributed by atoms with Gasteiger partial charge < -0.3 is 14.8 Å². The summed E-state index contributed by atoms with van der Waals surface area (Å²) < 4.78 is 10.3. The number of hydrogen-bond donors (Lipinski definition) is 1. The molecule has 7 heteroatoms. The smallest absolute Gasteiger partial charge is 0.337 e. The molecule has 1 N–H and O–H groups in total. The van der Waals surface area contributed by atoms with Crippen molar-refractivity contribution in [2.75, 3.05) is 7.11 Å². The molecule has 140 valence electrons. The number of methoxy groups -OCH3 is 1. The zero-order chi connectivity index (χ0) is 19.6. The fourth-order valence-electron chi connectivity index (χ4n) is 2.98. The van der Waals surface area contributed by atoms with Gasteiger partial charge >= 0.3 is 11.9 Å². The zero-order valence-corrected chi connectivity index (χ0v) is 16.8. The highest BCUT2D eigenvalue weighted by Crippen LogP contribution is 2.43. The van der Waals surface area contributed by atoms with Crippen molar-refractivity contribution in [2.45, 2.75) is 39.7 Å². The second-order valence-corrected chi connectivity index (χ2v) is 7.01. The van der Waals surface area contributed by atoms with E-state index in [1.165, 1.54) is 7.11 Å². The fraction of sp³-hybridized carbons (Fsp3) is 0.368. The molecule has 1 aromatic carbocycles. The quantitative estimate of drug-likeness (QED) is 0.764. The van der Waals surface area contributed by atoms with Gasteiger partial charge in [0.1, 0.15) is 0 Å². The number of dihydropyridines is 1. The molecular weight excluding hydrogens is 377 g/mol. The third-order valence-corrected chi connectivity index (χ3v) is 4.85. The van der Waals surface area contributed by atoms with E-state index in [-0.39, 0.29) is 16.7 Å². The molecular formula is C19H21Cl2NO4. The van der Waals surface area contributed by atoms with Crippen molar-refractivity contribution in [2.24, 2.45) is 0 Å². The van der Waals surface area contributed by atoms with E-state index in [1.54, 1.807) is 45.9 Å². The number of nitrogens with one attached hydrogen (secondary N) is 1. The van der Waals surface area contributed by atoms with E-state index in [2.05, 4.69) is 5.32 Å². The van der Waals surface area contributed by atoms with Gasteiger partial charge in [0.2, 0.25) is 0 Å². The van der Waals surface area contributed by atoms with Crippen LogP contribution < -0.4 is 5.32 Å². The van der Waals surface area contributed by atoms with Crippen LogP contribution in [0, 0.1) is 0 Å². The van der Waals surface area contributed by atoms with Crippen LogP contribution in [0.5, 0.6) is 0 Å². The van der Waals surface area contributed by atoms with E-state index < -0.39 is 17.9 Å². The van der Waals surface area contributed by atoms with E-state index in [0.29, 0.717) is 27.6 Å². The van der Waals surface area contributed by atoms with Gasteiger partial charge in [0.25, 0.3) is 0 Å². The second kappa shape index (κ2) is 8.14. The van der Waals surface area contributed by atoms with Crippen LogP contribution >= 0.6 is 23.2 Å². The number of ether oxygens (including phenoxy) is 2. The van der Waals surface area contributed by atoms with Crippen LogP contribution in [-0.4, -0.2) is 25.2 Å². The van der Waals surface area contributed by atoms with Gasteiger partial charge in [0, 0.05) is 11.4 Å². The summed E-state index contributed by atoms with van der Waals surface area (Å²) in [5.41, 5.74) is 2.29. The summed E-state index contributed by atoms with van der Waals surface area (Å²) >= 11 is 12.6. The Bertz CT molecular complexity index is 812. The van der Waals surface area contributed by atoms with Gasteiger partial charge in [-0.05, 0) is 39.3 Å². The monoisotopic (exact) mass is 397 g/mol. The zero-order valence-electron chi connectivity index (χ0n) is 15.3. The molecule has 0 saturated heterocycles. The Morgan fingerprint density at radius 2 is 1.65 bits per heavy atom. The minimum atomic E-state index is -0.749. The van der Waals surface area contributed by atoms with Crippen LogP contribution in [0.3, 0.4) is 0 Å². The van der Waals surface area contributed by atoms with Gasteiger partial charge in [0.15, 0.2) is 0 Å². The number of halogens is 2. The lowest BCUT2D eigenvalue weighted by molar-refractivity contribution is -0.143. The van der Waals surface area contributed by atoms with Crippen molar-refractivity contribution in [3.63, 3.8) is 0 Å². The van der Waals surface area contributed by atoms with Crippen molar-refractivity contribution >= 4 is 35.1 Å². The maximum atomic E-state index is 12.8. The first-order valence-electron chi connectivity index (χ1n) is 8.10. The maximum Gasteiger partial charge on any atom is 0.337 e. The summed E-state index contributed by atoms with van der Waals surface area (Å²) in [4.78, 5) is 25.3. The predicted octanol–water partition coefficient (Wildman–Crippen LogP) is 4.35. The van der Waals surface area contributed by atoms with Crippen LogP contribution in [0.25, 0.3) is 0 Å². The summed E-state index contributed by atoms with van der Waals surface area (Å²) in [5.74, 6) is -1.83. The third-order valence-electron chi connectivity index (χ3n) is 4.02. The lowest BCUT2D eigenvalue weighted by Gasteiger charge is -2.31. The summed E-state index contributed by atoms with van der Waals surface area (Å²) in [6.07, 6.45) is -0.313. The first-order valence-corrected chi connectivity index (χ1v) is 8.86. The van der Waals surface area contributed by atoms with Crippen molar-refractivity contribution in [3.8, 4) is 0 Å². The first-order chi connectivity index (χ1) is 12.2. The Hall–Kier alpha value is -1.98. The average molecular weight is 398 g/mol. The summed E-state index contributed by atoms with van der Waals surface area (Å²) in [6, 6.07) is 5.10. The van der Waals surface area contributed by atoms with E-state index in [0.717, 1.165) is 0 Å². The number of esters is 2. The third kappa shape index (κ3) is 3.89. The second-order valence-electron chi connectivity index (χ2n) is 6.22. The molecule has 0 aliphatic carbocycles. The molecule has 0 bridgehead atoms. The van der Waals surface area contributed by atoms with Gasteiger partial charge in [-0.2, -0.15) is 0 Å². The summed E-state index contributed by atoms with van der Waals surface area (Å²) in [5, 5.41) is 3.67. The van der Waals surface area contributed by atoms with Gasteiger partial charge in [0.05, 0.1) is 40.3 Å². The Balaban J connectivity index is 2.72. The molecule has 0 amide bonds. The highest BCUT2D eigenvalue weighted by molar-refractivity contribution is 6.42. The summed E-state index contributed by atoms with van der Waals surface area (Å²) in [6.45, 7) is 7.01. The molecule has 0 aromatic heterocycles. The number of carbonyl (C=O) groups excluding carboxylic acids is 2. The largest absolute Gasteiger partial charge is 0.466 e. The van der Waals surface area contributed by atoms with Crippen LogP contribution in [0.1, 0.15) is 39.2 Å². The highest BCUT2D eigenvalue weighted by Gasteiger charge is 2.39. The Morgan fingerprint density at radius 3 is 2.19 bits per heavy atom. The van der Waals surface area contributed by atoms with E-state index >= 15 is 0 Å². The molecule has 1 aromatic rings. The Kier molecular flexibility index (Phi) is 6.37. The van der Waals surface area contributed by atoms with Crippen molar-refractivity contribution in [1.82, 2.24) is 5.32 Å². The molecule has 0 fully saturated rings. The van der Waals surface area contributed by atoms with Gasteiger partial charge in [-0.15, -0.1) is 0 Å². The predicted molar refractivity (Wildman–Crippen MR) is 101 cm³/mol. The molecule has 1 aliphatic heterocycles. The van der Waals surface area contributed by atoms with Gasteiger partial charge in [-0.3, -0.25) is 0 Å². The van der Waals surface area contributed by atoms with Crippen molar-refractivity contribution in [1.29, 1.82) is 0 Å². The molecule has 1 unspecified atom stereocenters. The van der Waals surface area contributed by atoms with Gasteiger partial charge in [-0.1, -0.05) is 35.3 Å².